The highest BCUT2D eigenvalue weighted by Gasteiger charge is 2.26. The lowest BCUT2D eigenvalue weighted by Gasteiger charge is -2.13. The fourth-order valence-corrected chi connectivity index (χ4v) is 4.61. The minimum atomic E-state index is -3.70. The van der Waals surface area contributed by atoms with Gasteiger partial charge in [-0.15, -0.1) is 0 Å². The molecule has 2 atom stereocenters. The van der Waals surface area contributed by atoms with E-state index in [2.05, 4.69) is 0 Å². The first-order valence-corrected chi connectivity index (χ1v) is 11.0. The van der Waals surface area contributed by atoms with E-state index >= 15 is 0 Å². The van der Waals surface area contributed by atoms with Crippen LogP contribution >= 0.6 is 0 Å². The van der Waals surface area contributed by atoms with Crippen LogP contribution in [0.25, 0.3) is 10.8 Å². The quantitative estimate of drug-likeness (QED) is 0.529. The van der Waals surface area contributed by atoms with Crippen molar-refractivity contribution < 1.29 is 27.4 Å². The summed E-state index contributed by atoms with van der Waals surface area (Å²) >= 11 is 0. The van der Waals surface area contributed by atoms with Crippen LogP contribution in [-0.4, -0.2) is 47.1 Å². The van der Waals surface area contributed by atoms with E-state index in [9.17, 15) is 8.42 Å². The van der Waals surface area contributed by atoms with Crippen molar-refractivity contribution in [3.8, 4) is 11.5 Å². The van der Waals surface area contributed by atoms with Gasteiger partial charge in [-0.2, -0.15) is 0 Å². The van der Waals surface area contributed by atoms with Gasteiger partial charge in [-0.1, -0.05) is 24.3 Å². The zero-order valence-corrected chi connectivity index (χ0v) is 16.4. The molecule has 0 bridgehead atoms. The molecule has 3 aromatic carbocycles. The van der Waals surface area contributed by atoms with Gasteiger partial charge in [-0.05, 0) is 36.4 Å². The number of rotatable bonds is 8. The van der Waals surface area contributed by atoms with Crippen molar-refractivity contribution in [2.24, 2.45) is 0 Å². The standard InChI is InChI=1S/C22H20O6S/c23-29(24,18-7-5-15(6-8-18)25-11-16-12-26-16)22-10-9-21(28-14-17-13-27-17)19-3-1-2-4-20(19)22/h1-10,16-17H,11-14H2. The highest BCUT2D eigenvalue weighted by molar-refractivity contribution is 7.91. The van der Waals surface area contributed by atoms with Gasteiger partial charge in [0.05, 0.1) is 23.0 Å². The lowest BCUT2D eigenvalue weighted by atomic mass is 10.1. The number of sulfone groups is 1. The Bertz CT molecular complexity index is 1130. The van der Waals surface area contributed by atoms with Crippen LogP contribution in [0.4, 0.5) is 0 Å². The maximum Gasteiger partial charge on any atom is 0.207 e. The second-order valence-electron chi connectivity index (χ2n) is 7.11. The number of fused-ring (bicyclic) bond motifs is 1. The smallest absolute Gasteiger partial charge is 0.207 e. The predicted octanol–water partition coefficient (Wildman–Crippen LogP) is 3.23. The molecule has 3 aromatic rings. The molecule has 0 aliphatic carbocycles. The molecule has 0 aromatic heterocycles. The molecular formula is C22H20O6S. The third kappa shape index (κ3) is 3.94. The van der Waals surface area contributed by atoms with E-state index in [-0.39, 0.29) is 22.0 Å². The lowest BCUT2D eigenvalue weighted by Crippen LogP contribution is -2.07. The lowest BCUT2D eigenvalue weighted by molar-refractivity contribution is 0.263. The van der Waals surface area contributed by atoms with E-state index in [0.29, 0.717) is 43.3 Å². The Morgan fingerprint density at radius 3 is 2.07 bits per heavy atom. The zero-order chi connectivity index (χ0) is 19.8. The second kappa shape index (κ2) is 7.33. The van der Waals surface area contributed by atoms with E-state index in [1.807, 2.05) is 18.2 Å². The SMILES string of the molecule is O=S(=O)(c1ccc(OCC2CO2)cc1)c1ccc(OCC2CO2)c2ccccc12. The third-order valence-corrected chi connectivity index (χ3v) is 6.76. The number of epoxide rings is 2. The van der Waals surface area contributed by atoms with Crippen LogP contribution in [0.1, 0.15) is 0 Å². The summed E-state index contributed by atoms with van der Waals surface area (Å²) in [6.07, 6.45) is 0.279. The number of hydrogen-bond donors (Lipinski definition) is 0. The highest BCUT2D eigenvalue weighted by Crippen LogP contribution is 2.34. The molecule has 0 saturated carbocycles. The van der Waals surface area contributed by atoms with Gasteiger partial charge in [0, 0.05) is 10.8 Å². The first-order valence-electron chi connectivity index (χ1n) is 9.47. The molecule has 0 spiro atoms. The van der Waals surface area contributed by atoms with Crippen molar-refractivity contribution in [1.82, 2.24) is 0 Å². The molecule has 2 unspecified atom stereocenters. The number of ether oxygens (including phenoxy) is 4. The zero-order valence-electron chi connectivity index (χ0n) is 15.6. The molecule has 2 fully saturated rings. The topological polar surface area (TPSA) is 77.7 Å². The monoisotopic (exact) mass is 412 g/mol. The van der Waals surface area contributed by atoms with E-state index < -0.39 is 9.84 Å². The van der Waals surface area contributed by atoms with Crippen molar-refractivity contribution in [2.45, 2.75) is 22.0 Å². The molecule has 2 saturated heterocycles. The molecule has 2 aliphatic rings. The maximum absolute atomic E-state index is 13.3. The molecule has 0 N–H and O–H groups in total. The molecule has 2 heterocycles. The van der Waals surface area contributed by atoms with Crippen LogP contribution in [-0.2, 0) is 19.3 Å². The van der Waals surface area contributed by atoms with Gasteiger partial charge in [-0.3, -0.25) is 0 Å². The Balaban J connectivity index is 1.45. The van der Waals surface area contributed by atoms with Crippen molar-refractivity contribution in [3.63, 3.8) is 0 Å². The molecule has 5 rings (SSSR count). The van der Waals surface area contributed by atoms with Gasteiger partial charge in [0.25, 0.3) is 0 Å². The van der Waals surface area contributed by atoms with Crippen LogP contribution in [0.5, 0.6) is 11.5 Å². The average molecular weight is 412 g/mol. The Morgan fingerprint density at radius 1 is 0.793 bits per heavy atom. The van der Waals surface area contributed by atoms with Crippen LogP contribution in [0.2, 0.25) is 0 Å². The van der Waals surface area contributed by atoms with Crippen molar-refractivity contribution in [3.05, 3.63) is 60.7 Å². The summed E-state index contributed by atoms with van der Waals surface area (Å²) in [5.74, 6) is 1.27. The first kappa shape index (κ1) is 18.4. The maximum atomic E-state index is 13.3. The first-order chi connectivity index (χ1) is 14.1. The number of benzene rings is 3. The van der Waals surface area contributed by atoms with E-state index in [0.717, 1.165) is 5.39 Å². The Hall–Kier alpha value is -2.61. The Labute approximate surface area is 168 Å². The summed E-state index contributed by atoms with van der Waals surface area (Å²) in [6.45, 7) is 2.36. The van der Waals surface area contributed by atoms with Crippen molar-refractivity contribution in [2.75, 3.05) is 26.4 Å². The van der Waals surface area contributed by atoms with Crippen molar-refractivity contribution >= 4 is 20.6 Å². The molecule has 6 nitrogen and oxygen atoms in total. The van der Waals surface area contributed by atoms with E-state index in [4.69, 9.17) is 18.9 Å². The summed E-state index contributed by atoms with van der Waals surface area (Å²) in [6, 6.07) is 17.2. The summed E-state index contributed by atoms with van der Waals surface area (Å²) in [4.78, 5) is 0.473. The van der Waals surface area contributed by atoms with Gasteiger partial charge in [0.15, 0.2) is 0 Å². The minimum absolute atomic E-state index is 0.129. The van der Waals surface area contributed by atoms with E-state index in [1.54, 1.807) is 42.5 Å². The number of hydrogen-bond acceptors (Lipinski definition) is 6. The normalized spacial score (nSPS) is 20.4. The van der Waals surface area contributed by atoms with Crippen LogP contribution < -0.4 is 9.47 Å². The van der Waals surface area contributed by atoms with Gasteiger partial charge in [0.1, 0.15) is 36.9 Å². The minimum Gasteiger partial charge on any atom is -0.491 e. The summed E-state index contributed by atoms with van der Waals surface area (Å²) < 4.78 is 48.3. The van der Waals surface area contributed by atoms with Gasteiger partial charge >= 0.3 is 0 Å². The third-order valence-electron chi connectivity index (χ3n) is 4.93. The molecule has 2 aliphatic heterocycles. The van der Waals surface area contributed by atoms with Crippen LogP contribution in [0.3, 0.4) is 0 Å². The summed E-state index contributed by atoms with van der Waals surface area (Å²) in [5.41, 5.74) is 0. The largest absolute Gasteiger partial charge is 0.491 e. The van der Waals surface area contributed by atoms with Gasteiger partial charge in [0.2, 0.25) is 9.84 Å². The average Bonchev–Trinajstić information content (AvgIpc) is 3.65. The predicted molar refractivity (Wildman–Crippen MR) is 106 cm³/mol. The van der Waals surface area contributed by atoms with Crippen molar-refractivity contribution in [1.29, 1.82) is 0 Å². The molecule has 0 amide bonds. The molecule has 7 heteroatoms. The molecule has 29 heavy (non-hydrogen) atoms. The molecule has 150 valence electrons. The Morgan fingerprint density at radius 2 is 1.41 bits per heavy atom. The van der Waals surface area contributed by atoms with Gasteiger partial charge in [-0.25, -0.2) is 8.42 Å². The fourth-order valence-electron chi connectivity index (χ4n) is 3.15. The van der Waals surface area contributed by atoms with Crippen LogP contribution in [0.15, 0.2) is 70.5 Å². The second-order valence-corrected chi connectivity index (χ2v) is 9.03. The summed E-state index contributed by atoms with van der Waals surface area (Å²) in [7, 11) is -3.70. The highest BCUT2D eigenvalue weighted by atomic mass is 32.2. The fraction of sp³-hybridized carbons (Fsp3) is 0.273. The van der Waals surface area contributed by atoms with E-state index in [1.165, 1.54) is 0 Å². The Kier molecular flexibility index (Phi) is 4.66. The molecule has 0 radical (unpaired) electrons. The molecular weight excluding hydrogens is 392 g/mol. The van der Waals surface area contributed by atoms with Gasteiger partial charge < -0.3 is 18.9 Å². The summed E-state index contributed by atoms with van der Waals surface area (Å²) in [5, 5.41) is 1.39. The van der Waals surface area contributed by atoms with Crippen LogP contribution in [0, 0.1) is 0 Å².